The number of ether oxygens (including phenoxy) is 2. The number of carbonyl (C=O) groups is 3. The molecule has 1 saturated heterocycles. The van der Waals surface area contributed by atoms with Crippen molar-refractivity contribution in [2.24, 2.45) is 0 Å². The van der Waals surface area contributed by atoms with Crippen molar-refractivity contribution in [2.45, 2.75) is 6.92 Å². The Morgan fingerprint density at radius 2 is 1.75 bits per heavy atom. The highest BCUT2D eigenvalue weighted by molar-refractivity contribution is 5.90. The molecular formula is C18H21N3O7. The fraction of sp³-hybridized carbons (Fsp3) is 0.389. The van der Waals surface area contributed by atoms with Crippen LogP contribution in [-0.4, -0.2) is 72.1 Å². The van der Waals surface area contributed by atoms with Gasteiger partial charge in [-0.15, -0.1) is 0 Å². The van der Waals surface area contributed by atoms with Gasteiger partial charge in [0.05, 0.1) is 17.1 Å². The van der Waals surface area contributed by atoms with E-state index in [9.17, 15) is 24.5 Å². The van der Waals surface area contributed by atoms with Crippen LogP contribution in [0.2, 0.25) is 0 Å². The molecule has 1 heterocycles. The summed E-state index contributed by atoms with van der Waals surface area (Å²) in [4.78, 5) is 48.9. The molecule has 10 heteroatoms. The van der Waals surface area contributed by atoms with Crippen molar-refractivity contribution in [1.29, 1.82) is 0 Å². The molecule has 1 aromatic rings. The largest absolute Gasteiger partial charge is 0.452 e. The lowest BCUT2D eigenvalue weighted by atomic mass is 10.1. The van der Waals surface area contributed by atoms with Crippen LogP contribution < -0.4 is 0 Å². The average Bonchev–Trinajstić information content (AvgIpc) is 2.70. The van der Waals surface area contributed by atoms with Crippen molar-refractivity contribution in [3.63, 3.8) is 0 Å². The van der Waals surface area contributed by atoms with Gasteiger partial charge in [0.1, 0.15) is 0 Å². The van der Waals surface area contributed by atoms with Crippen LogP contribution in [0.4, 0.5) is 10.5 Å². The zero-order valence-electron chi connectivity index (χ0n) is 15.4. The van der Waals surface area contributed by atoms with E-state index in [0.717, 1.165) is 6.08 Å². The number of para-hydroxylation sites is 1. The minimum absolute atomic E-state index is 0.137. The summed E-state index contributed by atoms with van der Waals surface area (Å²) < 4.78 is 9.81. The summed E-state index contributed by atoms with van der Waals surface area (Å²) in [5, 5.41) is 10.9. The van der Waals surface area contributed by atoms with Gasteiger partial charge < -0.3 is 19.3 Å². The number of carbonyl (C=O) groups excluding carboxylic acids is 3. The number of hydrogen-bond donors (Lipinski definition) is 0. The molecule has 0 aliphatic carbocycles. The third-order valence-corrected chi connectivity index (χ3v) is 4.03. The van der Waals surface area contributed by atoms with Crippen LogP contribution in [-0.2, 0) is 19.1 Å². The van der Waals surface area contributed by atoms with Gasteiger partial charge in [-0.1, -0.05) is 12.1 Å². The molecule has 0 spiro atoms. The van der Waals surface area contributed by atoms with E-state index in [4.69, 9.17) is 9.47 Å². The van der Waals surface area contributed by atoms with Gasteiger partial charge in [-0.25, -0.2) is 9.59 Å². The van der Waals surface area contributed by atoms with Gasteiger partial charge in [-0.3, -0.25) is 14.9 Å². The summed E-state index contributed by atoms with van der Waals surface area (Å²) in [6.07, 6.45) is 1.89. The monoisotopic (exact) mass is 391 g/mol. The number of hydrogen-bond acceptors (Lipinski definition) is 7. The van der Waals surface area contributed by atoms with E-state index >= 15 is 0 Å². The second-order valence-corrected chi connectivity index (χ2v) is 5.82. The fourth-order valence-corrected chi connectivity index (χ4v) is 2.58. The molecule has 28 heavy (non-hydrogen) atoms. The van der Waals surface area contributed by atoms with Gasteiger partial charge in [-0.05, 0) is 19.1 Å². The highest BCUT2D eigenvalue weighted by atomic mass is 16.6. The van der Waals surface area contributed by atoms with Crippen LogP contribution in [0.5, 0.6) is 0 Å². The maximum absolute atomic E-state index is 12.1. The van der Waals surface area contributed by atoms with Gasteiger partial charge >= 0.3 is 12.1 Å². The SMILES string of the molecule is CCOC(=O)N1CCN(C(=O)COC(=O)/C=C/c2ccccc2[N+](=O)[O-])CC1. The maximum atomic E-state index is 12.1. The Morgan fingerprint density at radius 1 is 1.11 bits per heavy atom. The first-order valence-electron chi connectivity index (χ1n) is 8.70. The fourth-order valence-electron chi connectivity index (χ4n) is 2.58. The highest BCUT2D eigenvalue weighted by Crippen LogP contribution is 2.18. The third-order valence-electron chi connectivity index (χ3n) is 4.03. The van der Waals surface area contributed by atoms with Gasteiger partial charge in [0, 0.05) is 38.3 Å². The number of benzene rings is 1. The summed E-state index contributed by atoms with van der Waals surface area (Å²) >= 11 is 0. The van der Waals surface area contributed by atoms with E-state index in [-0.39, 0.29) is 23.8 Å². The molecular weight excluding hydrogens is 370 g/mol. The minimum Gasteiger partial charge on any atom is -0.452 e. The predicted octanol–water partition coefficient (Wildman–Crippen LogP) is 1.45. The standard InChI is InChI=1S/C18H21N3O7/c1-2-27-18(24)20-11-9-19(10-12-20)16(22)13-28-17(23)8-7-14-5-3-4-6-15(14)21(25)26/h3-8H,2,9-13H2,1H3/b8-7+. The van der Waals surface area contributed by atoms with Crippen molar-refractivity contribution in [2.75, 3.05) is 39.4 Å². The molecule has 0 aromatic heterocycles. The smallest absolute Gasteiger partial charge is 0.409 e. The molecule has 10 nitrogen and oxygen atoms in total. The number of piperazine rings is 1. The lowest BCUT2D eigenvalue weighted by Crippen LogP contribution is -2.51. The summed E-state index contributed by atoms with van der Waals surface area (Å²) in [6.45, 7) is 2.89. The first-order valence-corrected chi connectivity index (χ1v) is 8.70. The second kappa shape index (κ2) is 10.0. The number of nitro benzene ring substituents is 1. The molecule has 1 aromatic carbocycles. The first-order chi connectivity index (χ1) is 13.4. The summed E-state index contributed by atoms with van der Waals surface area (Å²) in [5.74, 6) is -1.16. The van der Waals surface area contributed by atoms with E-state index in [0.29, 0.717) is 26.2 Å². The van der Waals surface area contributed by atoms with Crippen LogP contribution in [0, 0.1) is 10.1 Å². The number of nitro groups is 1. The topological polar surface area (TPSA) is 119 Å². The predicted molar refractivity (Wildman–Crippen MR) is 98.3 cm³/mol. The van der Waals surface area contributed by atoms with Crippen LogP contribution in [0.15, 0.2) is 30.3 Å². The summed E-state index contributed by atoms with van der Waals surface area (Å²) in [6, 6.07) is 5.95. The highest BCUT2D eigenvalue weighted by Gasteiger charge is 2.25. The zero-order chi connectivity index (χ0) is 20.5. The summed E-state index contributed by atoms with van der Waals surface area (Å²) in [7, 11) is 0. The van der Waals surface area contributed by atoms with E-state index in [2.05, 4.69) is 0 Å². The first kappa shape index (κ1) is 20.9. The molecule has 2 amide bonds. The number of nitrogens with zero attached hydrogens (tertiary/aromatic N) is 3. The molecule has 0 N–H and O–H groups in total. The summed E-state index contributed by atoms with van der Waals surface area (Å²) in [5.41, 5.74) is 0.118. The lowest BCUT2D eigenvalue weighted by molar-refractivity contribution is -0.385. The van der Waals surface area contributed by atoms with Crippen molar-refractivity contribution < 1.29 is 28.8 Å². The van der Waals surface area contributed by atoms with Gasteiger partial charge in [0.25, 0.3) is 11.6 Å². The van der Waals surface area contributed by atoms with Gasteiger partial charge in [0.15, 0.2) is 6.61 Å². The molecule has 1 fully saturated rings. The molecule has 0 atom stereocenters. The minimum atomic E-state index is -0.781. The zero-order valence-corrected chi connectivity index (χ0v) is 15.4. The molecule has 2 rings (SSSR count). The van der Waals surface area contributed by atoms with Gasteiger partial charge in [0.2, 0.25) is 0 Å². The Kier molecular flexibility index (Phi) is 7.49. The molecule has 0 radical (unpaired) electrons. The van der Waals surface area contributed by atoms with Crippen LogP contribution in [0.1, 0.15) is 12.5 Å². The van der Waals surface area contributed by atoms with Crippen molar-refractivity contribution in [1.82, 2.24) is 9.80 Å². The normalized spacial score (nSPS) is 14.0. The Bertz CT molecular complexity index is 770. The van der Waals surface area contributed by atoms with Crippen molar-refractivity contribution in [3.8, 4) is 0 Å². The molecule has 1 aliphatic rings. The second-order valence-electron chi connectivity index (χ2n) is 5.82. The van der Waals surface area contributed by atoms with Crippen molar-refractivity contribution in [3.05, 3.63) is 46.0 Å². The van der Waals surface area contributed by atoms with E-state index in [1.165, 1.54) is 34.1 Å². The average molecular weight is 391 g/mol. The molecule has 0 unspecified atom stereocenters. The Balaban J connectivity index is 1.80. The third kappa shape index (κ3) is 5.79. The van der Waals surface area contributed by atoms with Crippen LogP contribution in [0.3, 0.4) is 0 Å². The van der Waals surface area contributed by atoms with Crippen LogP contribution in [0.25, 0.3) is 6.08 Å². The Morgan fingerprint density at radius 3 is 2.39 bits per heavy atom. The molecule has 0 saturated carbocycles. The lowest BCUT2D eigenvalue weighted by Gasteiger charge is -2.33. The Hall–Kier alpha value is -3.43. The number of esters is 1. The number of amides is 2. The molecule has 1 aliphatic heterocycles. The van der Waals surface area contributed by atoms with Crippen LogP contribution >= 0.6 is 0 Å². The van der Waals surface area contributed by atoms with Gasteiger partial charge in [-0.2, -0.15) is 0 Å². The van der Waals surface area contributed by atoms with Crippen molar-refractivity contribution >= 4 is 29.7 Å². The number of rotatable bonds is 6. The molecule has 0 bridgehead atoms. The Labute approximate surface area is 161 Å². The quantitative estimate of drug-likeness (QED) is 0.311. The van der Waals surface area contributed by atoms with E-state index < -0.39 is 23.6 Å². The maximum Gasteiger partial charge on any atom is 0.409 e. The molecule has 150 valence electrons. The van der Waals surface area contributed by atoms with E-state index in [1.807, 2.05) is 0 Å². The van der Waals surface area contributed by atoms with E-state index in [1.54, 1.807) is 13.0 Å².